The first-order valence-corrected chi connectivity index (χ1v) is 4.88. The molecule has 0 aromatic heterocycles. The molecule has 0 spiro atoms. The lowest BCUT2D eigenvalue weighted by Gasteiger charge is -2.27. The summed E-state index contributed by atoms with van der Waals surface area (Å²) in [5, 5.41) is 10.3. The molecule has 2 rings (SSSR count). The molecule has 0 bridgehead atoms. The van der Waals surface area contributed by atoms with E-state index in [4.69, 9.17) is 5.84 Å². The Hall–Kier alpha value is -0.610. The molecule has 2 aliphatic rings. The van der Waals surface area contributed by atoms with Crippen molar-refractivity contribution in [1.82, 2.24) is 5.43 Å². The number of carbonyl (C=O) groups excluding carboxylic acids is 1. The van der Waals surface area contributed by atoms with Crippen LogP contribution in [-0.4, -0.2) is 16.6 Å². The van der Waals surface area contributed by atoms with Crippen LogP contribution in [0.25, 0.3) is 0 Å². The zero-order valence-corrected chi connectivity index (χ0v) is 7.62. The van der Waals surface area contributed by atoms with Gasteiger partial charge >= 0.3 is 0 Å². The predicted octanol–water partition coefficient (Wildman–Crippen LogP) is -0.0825. The van der Waals surface area contributed by atoms with Crippen LogP contribution < -0.4 is 11.3 Å². The maximum atomic E-state index is 11.1. The van der Waals surface area contributed by atoms with Gasteiger partial charge in [-0.3, -0.25) is 10.2 Å². The number of carbonyl (C=O) groups is 1. The molecule has 74 valence electrons. The topological polar surface area (TPSA) is 75.3 Å². The van der Waals surface area contributed by atoms with E-state index in [0.717, 1.165) is 25.7 Å². The van der Waals surface area contributed by atoms with Gasteiger partial charge < -0.3 is 5.11 Å². The summed E-state index contributed by atoms with van der Waals surface area (Å²) < 4.78 is 0. The Morgan fingerprint density at radius 3 is 2.15 bits per heavy atom. The van der Waals surface area contributed by atoms with E-state index in [1.54, 1.807) is 0 Å². The summed E-state index contributed by atoms with van der Waals surface area (Å²) in [6.45, 7) is 0. The van der Waals surface area contributed by atoms with Crippen LogP contribution in [0, 0.1) is 11.8 Å². The van der Waals surface area contributed by atoms with Crippen LogP contribution in [0.5, 0.6) is 0 Å². The van der Waals surface area contributed by atoms with E-state index >= 15 is 0 Å². The van der Waals surface area contributed by atoms with Crippen molar-refractivity contribution in [3.8, 4) is 0 Å². The third kappa shape index (κ3) is 1.69. The van der Waals surface area contributed by atoms with Crippen LogP contribution in [0.4, 0.5) is 0 Å². The molecule has 1 amide bonds. The zero-order valence-electron chi connectivity index (χ0n) is 7.62. The highest BCUT2D eigenvalue weighted by Gasteiger charge is 2.53. The average molecular weight is 184 g/mol. The van der Waals surface area contributed by atoms with Gasteiger partial charge in [-0.2, -0.15) is 0 Å². The van der Waals surface area contributed by atoms with Crippen LogP contribution in [0.3, 0.4) is 0 Å². The molecule has 0 aromatic rings. The van der Waals surface area contributed by atoms with Gasteiger partial charge in [0.05, 0.1) is 12.0 Å². The Morgan fingerprint density at radius 1 is 1.38 bits per heavy atom. The molecule has 0 saturated heterocycles. The molecule has 0 aromatic carbocycles. The Balaban J connectivity index is 1.99. The second-order valence-electron chi connectivity index (χ2n) is 4.28. The first kappa shape index (κ1) is 8.97. The molecular weight excluding hydrogens is 168 g/mol. The highest BCUT2D eigenvalue weighted by atomic mass is 16.3. The highest BCUT2D eigenvalue weighted by molar-refractivity contribution is 5.76. The molecule has 4 heteroatoms. The third-order valence-corrected chi connectivity index (χ3v) is 3.17. The Labute approximate surface area is 77.5 Å². The molecule has 2 saturated carbocycles. The number of aliphatic hydroxyl groups is 1. The molecule has 0 aliphatic heterocycles. The fourth-order valence-corrected chi connectivity index (χ4v) is 2.10. The second kappa shape index (κ2) is 2.96. The van der Waals surface area contributed by atoms with Crippen LogP contribution in [-0.2, 0) is 4.79 Å². The summed E-state index contributed by atoms with van der Waals surface area (Å²) in [5.74, 6) is 5.45. The summed E-state index contributed by atoms with van der Waals surface area (Å²) in [6, 6.07) is 0. The minimum absolute atomic E-state index is 0.179. The third-order valence-electron chi connectivity index (χ3n) is 3.17. The maximum absolute atomic E-state index is 11.1. The van der Waals surface area contributed by atoms with Crippen molar-refractivity contribution in [2.24, 2.45) is 17.7 Å². The molecular formula is C9H16N2O2. The van der Waals surface area contributed by atoms with Gasteiger partial charge in [0, 0.05) is 0 Å². The van der Waals surface area contributed by atoms with Crippen molar-refractivity contribution in [2.45, 2.75) is 37.7 Å². The largest absolute Gasteiger partial charge is 0.389 e. The summed E-state index contributed by atoms with van der Waals surface area (Å²) in [5.41, 5.74) is 1.34. The Kier molecular flexibility index (Phi) is 2.04. The number of amides is 1. The Bertz CT molecular complexity index is 210. The van der Waals surface area contributed by atoms with Crippen molar-refractivity contribution in [3.05, 3.63) is 0 Å². The highest BCUT2D eigenvalue weighted by Crippen LogP contribution is 2.53. The molecule has 2 fully saturated rings. The minimum atomic E-state index is -0.747. The fourth-order valence-electron chi connectivity index (χ4n) is 2.10. The van der Waals surface area contributed by atoms with Gasteiger partial charge in [0.15, 0.2) is 0 Å². The first-order chi connectivity index (χ1) is 6.16. The van der Waals surface area contributed by atoms with E-state index in [0.29, 0.717) is 11.8 Å². The van der Waals surface area contributed by atoms with E-state index in [1.807, 2.05) is 0 Å². The number of hydrazine groups is 1. The Morgan fingerprint density at radius 2 is 1.85 bits per heavy atom. The maximum Gasteiger partial charge on any atom is 0.236 e. The quantitative estimate of drug-likeness (QED) is 0.325. The molecule has 2 aliphatic carbocycles. The molecule has 0 heterocycles. The van der Waals surface area contributed by atoms with Crippen molar-refractivity contribution < 1.29 is 9.90 Å². The van der Waals surface area contributed by atoms with E-state index in [-0.39, 0.29) is 12.3 Å². The number of nitrogens with one attached hydrogen (secondary N) is 1. The first-order valence-electron chi connectivity index (χ1n) is 4.88. The summed E-state index contributed by atoms with van der Waals surface area (Å²) in [4.78, 5) is 11.1. The van der Waals surface area contributed by atoms with Gasteiger partial charge in [-0.25, -0.2) is 5.84 Å². The molecule has 4 nitrogen and oxygen atoms in total. The summed E-state index contributed by atoms with van der Waals surface area (Å²) in [7, 11) is 0. The lowest BCUT2D eigenvalue weighted by molar-refractivity contribution is -0.128. The van der Waals surface area contributed by atoms with Crippen LogP contribution in [0.2, 0.25) is 0 Å². The average Bonchev–Trinajstić information content (AvgIpc) is 2.89. The molecule has 0 atom stereocenters. The van der Waals surface area contributed by atoms with E-state index in [2.05, 4.69) is 5.43 Å². The van der Waals surface area contributed by atoms with E-state index in [9.17, 15) is 9.90 Å². The van der Waals surface area contributed by atoms with Crippen LogP contribution >= 0.6 is 0 Å². The molecule has 0 unspecified atom stereocenters. The number of rotatable bonds is 4. The van der Waals surface area contributed by atoms with Gasteiger partial charge in [-0.15, -0.1) is 0 Å². The van der Waals surface area contributed by atoms with Gasteiger partial charge in [0.25, 0.3) is 0 Å². The molecule has 13 heavy (non-hydrogen) atoms. The summed E-state index contributed by atoms with van der Waals surface area (Å²) in [6.07, 6.45) is 4.42. The van der Waals surface area contributed by atoms with Crippen molar-refractivity contribution >= 4 is 5.91 Å². The van der Waals surface area contributed by atoms with Crippen LogP contribution in [0.1, 0.15) is 32.1 Å². The normalized spacial score (nSPS) is 22.9. The molecule has 0 radical (unpaired) electrons. The minimum Gasteiger partial charge on any atom is -0.389 e. The SMILES string of the molecule is NNC(=O)CC(O)(C1CC1)C1CC1. The van der Waals surface area contributed by atoms with E-state index < -0.39 is 5.60 Å². The monoisotopic (exact) mass is 184 g/mol. The van der Waals surface area contributed by atoms with Crippen LogP contribution in [0.15, 0.2) is 0 Å². The van der Waals surface area contributed by atoms with Gasteiger partial charge in [0.2, 0.25) is 5.91 Å². The smallest absolute Gasteiger partial charge is 0.236 e. The lowest BCUT2D eigenvalue weighted by atomic mass is 9.88. The van der Waals surface area contributed by atoms with Crippen molar-refractivity contribution in [1.29, 1.82) is 0 Å². The second-order valence-corrected chi connectivity index (χ2v) is 4.28. The van der Waals surface area contributed by atoms with Gasteiger partial charge in [-0.1, -0.05) is 0 Å². The molecule has 4 N–H and O–H groups in total. The lowest BCUT2D eigenvalue weighted by Crippen LogP contribution is -2.42. The van der Waals surface area contributed by atoms with E-state index in [1.165, 1.54) is 0 Å². The van der Waals surface area contributed by atoms with Crippen molar-refractivity contribution in [2.75, 3.05) is 0 Å². The van der Waals surface area contributed by atoms with Crippen molar-refractivity contribution in [3.63, 3.8) is 0 Å². The summed E-state index contributed by atoms with van der Waals surface area (Å²) >= 11 is 0. The van der Waals surface area contributed by atoms with Gasteiger partial charge in [0.1, 0.15) is 0 Å². The number of nitrogens with two attached hydrogens (primary N) is 1. The zero-order chi connectivity index (χ0) is 9.47. The fraction of sp³-hybridized carbons (Fsp3) is 0.889. The van der Waals surface area contributed by atoms with Gasteiger partial charge in [-0.05, 0) is 37.5 Å². The number of hydrogen-bond acceptors (Lipinski definition) is 3. The standard InChI is InChI=1S/C9H16N2O2/c10-11-8(12)5-9(13,6-1-2-6)7-3-4-7/h6-7,13H,1-5,10H2,(H,11,12). The predicted molar refractivity (Wildman–Crippen MR) is 47.3 cm³/mol. The number of hydrogen-bond donors (Lipinski definition) is 3.